The molecule has 1 unspecified atom stereocenters. The van der Waals surface area contributed by atoms with E-state index in [1.807, 2.05) is 6.08 Å². The molecular formula is C17H34N2. The fourth-order valence-electron chi connectivity index (χ4n) is 2.90. The molecule has 1 aliphatic heterocycles. The Kier molecular flexibility index (Phi) is 9.19. The van der Waals surface area contributed by atoms with Crippen molar-refractivity contribution in [1.29, 1.82) is 0 Å². The summed E-state index contributed by atoms with van der Waals surface area (Å²) in [5.74, 6) is 1.64. The van der Waals surface area contributed by atoms with Crippen LogP contribution in [0.2, 0.25) is 0 Å². The molecular weight excluding hydrogens is 232 g/mol. The van der Waals surface area contributed by atoms with Crippen molar-refractivity contribution in [1.82, 2.24) is 10.2 Å². The third kappa shape index (κ3) is 8.43. The summed E-state index contributed by atoms with van der Waals surface area (Å²) in [5, 5.41) is 3.62. The third-order valence-electron chi connectivity index (χ3n) is 3.97. The van der Waals surface area contributed by atoms with Gasteiger partial charge in [0.05, 0.1) is 0 Å². The summed E-state index contributed by atoms with van der Waals surface area (Å²) in [6.07, 6.45) is 10.1. The van der Waals surface area contributed by atoms with Crippen molar-refractivity contribution in [3.8, 4) is 0 Å². The normalized spacial score (nSPS) is 20.9. The maximum Gasteiger partial charge on any atom is 0.00218 e. The summed E-state index contributed by atoms with van der Waals surface area (Å²) in [4.78, 5) is 2.68. The molecule has 1 N–H and O–H groups in total. The minimum Gasteiger partial charge on any atom is -0.316 e. The maximum atomic E-state index is 3.78. The first-order valence-electron chi connectivity index (χ1n) is 8.26. The second kappa shape index (κ2) is 10.4. The monoisotopic (exact) mass is 266 g/mol. The van der Waals surface area contributed by atoms with Crippen LogP contribution in [0.4, 0.5) is 0 Å². The van der Waals surface area contributed by atoms with Crippen molar-refractivity contribution >= 4 is 0 Å². The van der Waals surface area contributed by atoms with Crippen LogP contribution in [0.15, 0.2) is 12.7 Å². The number of nitrogens with one attached hydrogen (secondary N) is 1. The highest BCUT2D eigenvalue weighted by atomic mass is 15.1. The predicted molar refractivity (Wildman–Crippen MR) is 85.5 cm³/mol. The smallest absolute Gasteiger partial charge is 0.00218 e. The van der Waals surface area contributed by atoms with Gasteiger partial charge in [-0.2, -0.15) is 0 Å². The van der Waals surface area contributed by atoms with Crippen molar-refractivity contribution in [3.63, 3.8) is 0 Å². The zero-order valence-corrected chi connectivity index (χ0v) is 13.2. The van der Waals surface area contributed by atoms with Gasteiger partial charge in [-0.05, 0) is 70.1 Å². The average molecular weight is 266 g/mol. The molecule has 0 saturated carbocycles. The van der Waals surface area contributed by atoms with E-state index < -0.39 is 0 Å². The summed E-state index contributed by atoms with van der Waals surface area (Å²) >= 11 is 0. The number of nitrogens with zero attached hydrogens (tertiary/aromatic N) is 1. The molecule has 0 aromatic carbocycles. The molecule has 1 atom stereocenters. The van der Waals surface area contributed by atoms with E-state index in [9.17, 15) is 0 Å². The van der Waals surface area contributed by atoms with Crippen LogP contribution < -0.4 is 5.32 Å². The van der Waals surface area contributed by atoms with E-state index in [1.165, 1.54) is 64.7 Å². The Bertz CT molecular complexity index is 225. The van der Waals surface area contributed by atoms with E-state index in [1.54, 1.807) is 0 Å². The number of hydrogen-bond donors (Lipinski definition) is 1. The minimum atomic E-state index is 0.768. The molecule has 19 heavy (non-hydrogen) atoms. The highest BCUT2D eigenvalue weighted by molar-refractivity contribution is 4.75. The molecule has 2 heteroatoms. The zero-order chi connectivity index (χ0) is 13.9. The zero-order valence-electron chi connectivity index (χ0n) is 13.2. The van der Waals surface area contributed by atoms with Gasteiger partial charge >= 0.3 is 0 Å². The number of likely N-dealkylation sites (tertiary alicyclic amines) is 1. The van der Waals surface area contributed by atoms with Gasteiger partial charge in [0.25, 0.3) is 0 Å². The molecule has 1 rings (SSSR count). The molecule has 1 fully saturated rings. The lowest BCUT2D eigenvalue weighted by molar-refractivity contribution is 0.169. The average Bonchev–Trinajstić information content (AvgIpc) is 2.39. The van der Waals surface area contributed by atoms with Gasteiger partial charge < -0.3 is 10.2 Å². The molecule has 1 aliphatic rings. The highest BCUT2D eigenvalue weighted by Crippen LogP contribution is 2.16. The molecule has 2 nitrogen and oxygen atoms in total. The van der Waals surface area contributed by atoms with E-state index in [4.69, 9.17) is 0 Å². The summed E-state index contributed by atoms with van der Waals surface area (Å²) in [7, 11) is 0. The van der Waals surface area contributed by atoms with Crippen LogP contribution in [0.5, 0.6) is 0 Å². The first-order chi connectivity index (χ1) is 9.22. The lowest BCUT2D eigenvalue weighted by Gasteiger charge is -2.33. The van der Waals surface area contributed by atoms with Gasteiger partial charge in [0.2, 0.25) is 0 Å². The molecule has 112 valence electrons. The molecule has 0 aromatic rings. The van der Waals surface area contributed by atoms with Crippen LogP contribution in [0, 0.1) is 11.8 Å². The van der Waals surface area contributed by atoms with Crippen LogP contribution >= 0.6 is 0 Å². The largest absolute Gasteiger partial charge is 0.316 e. The summed E-state index contributed by atoms with van der Waals surface area (Å²) in [6, 6.07) is 0. The SMILES string of the molecule is C=CCCCCCN1CCCC(CNCC(C)C)C1. The van der Waals surface area contributed by atoms with Gasteiger partial charge in [0.1, 0.15) is 0 Å². The summed E-state index contributed by atoms with van der Waals surface area (Å²) < 4.78 is 0. The number of rotatable bonds is 10. The molecule has 1 heterocycles. The van der Waals surface area contributed by atoms with E-state index in [0.717, 1.165) is 18.4 Å². The Morgan fingerprint density at radius 2 is 2.16 bits per heavy atom. The Labute approximate surface area is 120 Å². The lowest BCUT2D eigenvalue weighted by Crippen LogP contribution is -2.40. The van der Waals surface area contributed by atoms with Crippen molar-refractivity contribution in [2.24, 2.45) is 11.8 Å². The molecule has 0 radical (unpaired) electrons. The van der Waals surface area contributed by atoms with Crippen LogP contribution in [0.1, 0.15) is 52.4 Å². The Morgan fingerprint density at radius 3 is 2.89 bits per heavy atom. The predicted octanol–water partition coefficient (Wildman–Crippen LogP) is 3.69. The van der Waals surface area contributed by atoms with Gasteiger partial charge in [0, 0.05) is 6.54 Å². The molecule has 0 amide bonds. The van der Waals surface area contributed by atoms with Crippen molar-refractivity contribution < 1.29 is 0 Å². The van der Waals surface area contributed by atoms with E-state index in [2.05, 4.69) is 30.6 Å². The van der Waals surface area contributed by atoms with Crippen molar-refractivity contribution in [3.05, 3.63) is 12.7 Å². The number of unbranched alkanes of at least 4 members (excludes halogenated alkanes) is 3. The Morgan fingerprint density at radius 1 is 1.32 bits per heavy atom. The summed E-state index contributed by atoms with van der Waals surface area (Å²) in [6.45, 7) is 14.7. The molecule has 0 bridgehead atoms. The van der Waals surface area contributed by atoms with E-state index in [-0.39, 0.29) is 0 Å². The number of piperidine rings is 1. The molecule has 0 aromatic heterocycles. The Balaban J connectivity index is 2.06. The van der Waals surface area contributed by atoms with E-state index in [0.29, 0.717) is 0 Å². The second-order valence-corrected chi connectivity index (χ2v) is 6.50. The van der Waals surface area contributed by atoms with Crippen LogP contribution in [-0.2, 0) is 0 Å². The molecule has 1 saturated heterocycles. The quantitative estimate of drug-likeness (QED) is 0.479. The fourth-order valence-corrected chi connectivity index (χ4v) is 2.90. The van der Waals surface area contributed by atoms with Crippen molar-refractivity contribution in [2.45, 2.75) is 52.4 Å². The van der Waals surface area contributed by atoms with Gasteiger partial charge in [-0.15, -0.1) is 6.58 Å². The molecule has 0 aliphatic carbocycles. The van der Waals surface area contributed by atoms with E-state index >= 15 is 0 Å². The van der Waals surface area contributed by atoms with Crippen LogP contribution in [-0.4, -0.2) is 37.6 Å². The summed E-state index contributed by atoms with van der Waals surface area (Å²) in [5.41, 5.74) is 0. The first-order valence-corrected chi connectivity index (χ1v) is 8.26. The topological polar surface area (TPSA) is 15.3 Å². The maximum absolute atomic E-state index is 3.78. The highest BCUT2D eigenvalue weighted by Gasteiger charge is 2.18. The third-order valence-corrected chi connectivity index (χ3v) is 3.97. The number of allylic oxidation sites excluding steroid dienone is 1. The van der Waals surface area contributed by atoms with Gasteiger partial charge in [-0.1, -0.05) is 26.3 Å². The Hall–Kier alpha value is -0.340. The first kappa shape index (κ1) is 16.7. The minimum absolute atomic E-state index is 0.768. The van der Waals surface area contributed by atoms with Crippen molar-refractivity contribution in [2.75, 3.05) is 32.7 Å². The van der Waals surface area contributed by atoms with Gasteiger partial charge in [-0.3, -0.25) is 0 Å². The number of hydrogen-bond acceptors (Lipinski definition) is 2. The standard InChI is InChI=1S/C17H34N2/c1-4-5-6-7-8-11-19-12-9-10-17(15-19)14-18-13-16(2)3/h4,16-18H,1,5-15H2,2-3H3. The lowest BCUT2D eigenvalue weighted by atomic mass is 9.97. The fraction of sp³-hybridized carbons (Fsp3) is 0.882. The second-order valence-electron chi connectivity index (χ2n) is 6.50. The van der Waals surface area contributed by atoms with Crippen LogP contribution in [0.25, 0.3) is 0 Å². The molecule has 0 spiro atoms. The van der Waals surface area contributed by atoms with Crippen LogP contribution in [0.3, 0.4) is 0 Å². The van der Waals surface area contributed by atoms with Gasteiger partial charge in [-0.25, -0.2) is 0 Å². The van der Waals surface area contributed by atoms with Gasteiger partial charge in [0.15, 0.2) is 0 Å².